The number of amides is 1. The molecule has 3 atom stereocenters. The summed E-state index contributed by atoms with van der Waals surface area (Å²) in [5, 5.41) is 27.9. The molecule has 4 fully saturated rings. The normalized spacial score (nSPS) is 20.0. The summed E-state index contributed by atoms with van der Waals surface area (Å²) in [6, 6.07) is 40.4. The van der Waals surface area contributed by atoms with Crippen LogP contribution >= 0.6 is 0 Å². The second-order valence-corrected chi connectivity index (χ2v) is 18.7. The van der Waals surface area contributed by atoms with Crippen molar-refractivity contribution >= 4 is 28.7 Å². The number of nitrogens with one attached hydrogen (secondary N) is 3. The van der Waals surface area contributed by atoms with E-state index in [4.69, 9.17) is 14.2 Å². The number of aromatic amines is 1. The third-order valence-corrected chi connectivity index (χ3v) is 14.1. The fourth-order valence-electron chi connectivity index (χ4n) is 10.1. The molecule has 0 spiro atoms. The number of unbranched alkanes of at least 4 members (excludes halogenated alkanes) is 1. The lowest BCUT2D eigenvalue weighted by atomic mass is 9.83. The highest BCUT2D eigenvalue weighted by Crippen LogP contribution is 2.49. The second-order valence-electron chi connectivity index (χ2n) is 18.7. The molecule has 2 unspecified atom stereocenters. The van der Waals surface area contributed by atoms with Crippen LogP contribution in [0.1, 0.15) is 88.8 Å². The molecule has 3 saturated heterocycles. The highest BCUT2D eigenvalue weighted by molar-refractivity contribution is 5.97. The van der Waals surface area contributed by atoms with Crippen LogP contribution in [0, 0.1) is 5.92 Å². The average Bonchev–Trinajstić information content (AvgIpc) is 4.18. The van der Waals surface area contributed by atoms with Crippen LogP contribution in [0.25, 0.3) is 10.9 Å². The number of pyridine rings is 1. The third kappa shape index (κ3) is 10.7. The number of aliphatic hydroxyl groups excluding tert-OH is 1. The number of ketones is 1. The van der Waals surface area contributed by atoms with Gasteiger partial charge in [-0.1, -0.05) is 103 Å². The molecule has 13 nitrogen and oxygen atoms in total. The van der Waals surface area contributed by atoms with E-state index in [0.717, 1.165) is 73.0 Å². The maximum atomic E-state index is 13.7. The molecule has 352 valence electrons. The smallest absolute Gasteiger partial charge is 0.408 e. The largest absolute Gasteiger partial charge is 0.506 e. The number of nitrogens with zero attached hydrogens (tertiary/aromatic N) is 1. The highest BCUT2D eigenvalue weighted by Gasteiger charge is 2.53. The predicted octanol–water partition coefficient (Wildman–Crippen LogP) is 7.80. The van der Waals surface area contributed by atoms with Gasteiger partial charge in [0.15, 0.2) is 6.10 Å². The number of carbonyl (C=O) groups is 3. The first-order chi connectivity index (χ1) is 33.1. The third-order valence-electron chi connectivity index (χ3n) is 14.1. The fourth-order valence-corrected chi connectivity index (χ4v) is 10.1. The summed E-state index contributed by atoms with van der Waals surface area (Å²) >= 11 is 0. The van der Waals surface area contributed by atoms with Crippen molar-refractivity contribution < 1.29 is 43.3 Å². The molecule has 4 aliphatic rings. The number of aliphatic hydroxyl groups is 1. The van der Waals surface area contributed by atoms with Crippen molar-refractivity contribution in [1.82, 2.24) is 15.6 Å². The van der Waals surface area contributed by atoms with E-state index in [-0.39, 0.29) is 41.6 Å². The van der Waals surface area contributed by atoms with Gasteiger partial charge in [-0.05, 0) is 84.3 Å². The molecule has 6 aromatic rings. The van der Waals surface area contributed by atoms with Crippen molar-refractivity contribution in [3.8, 4) is 11.5 Å². The van der Waals surface area contributed by atoms with E-state index < -0.39 is 23.7 Å². The molecule has 5 aromatic carbocycles. The number of aromatic nitrogens is 1. The second kappa shape index (κ2) is 20.6. The van der Waals surface area contributed by atoms with Gasteiger partial charge in [-0.3, -0.25) is 14.4 Å². The number of benzene rings is 5. The van der Waals surface area contributed by atoms with Gasteiger partial charge in [0, 0.05) is 42.3 Å². The SMILES string of the molecule is O=C(NC(c1ccccc1)c1cccc(OCc2ccc(C3(C(=O)OCCCCNCC(O)c4ccc(O)c5[nH]c(=O)ccc45)CC3)cc2)c1)O[C@H]1C[N+]2(CC(=O)c3ccccc3)CCC1CC2. The molecule has 1 aromatic heterocycles. The van der Waals surface area contributed by atoms with Crippen LogP contribution in [0.2, 0.25) is 0 Å². The number of rotatable bonds is 20. The maximum absolute atomic E-state index is 13.7. The van der Waals surface area contributed by atoms with E-state index >= 15 is 0 Å². The van der Waals surface area contributed by atoms with E-state index in [2.05, 4.69) is 15.6 Å². The van der Waals surface area contributed by atoms with E-state index in [0.29, 0.717) is 66.0 Å². The van der Waals surface area contributed by atoms with E-state index in [1.165, 1.54) is 12.1 Å². The van der Waals surface area contributed by atoms with E-state index in [9.17, 15) is 29.4 Å². The molecule has 1 amide bonds. The number of hydrogen-bond donors (Lipinski definition) is 5. The monoisotopic (exact) mass is 919 g/mol. The number of piperidine rings is 3. The first-order valence-electron chi connectivity index (χ1n) is 23.8. The lowest BCUT2D eigenvalue weighted by molar-refractivity contribution is -0.938. The highest BCUT2D eigenvalue weighted by atomic mass is 16.6. The Balaban J connectivity index is 0.740. The first-order valence-corrected chi connectivity index (χ1v) is 23.8. The predicted molar refractivity (Wildman–Crippen MR) is 257 cm³/mol. The van der Waals surface area contributed by atoms with Crippen LogP contribution in [0.4, 0.5) is 4.79 Å². The summed E-state index contributed by atoms with van der Waals surface area (Å²) in [5.74, 6) is 0.773. The molecular weight excluding hydrogens is 861 g/mol. The van der Waals surface area contributed by atoms with Gasteiger partial charge < -0.3 is 44.5 Å². The van der Waals surface area contributed by atoms with Gasteiger partial charge in [-0.25, -0.2) is 4.79 Å². The summed E-state index contributed by atoms with van der Waals surface area (Å²) in [4.78, 5) is 54.7. The van der Waals surface area contributed by atoms with Crippen LogP contribution in [-0.2, 0) is 26.3 Å². The number of phenolic OH excluding ortho intramolecular Hbond substituents is 1. The number of H-pyrrole nitrogens is 1. The minimum absolute atomic E-state index is 0.0539. The molecule has 1 aliphatic carbocycles. The molecule has 0 radical (unpaired) electrons. The number of ether oxygens (including phenoxy) is 3. The van der Waals surface area contributed by atoms with Crippen molar-refractivity contribution in [1.29, 1.82) is 0 Å². The zero-order chi connectivity index (χ0) is 47.1. The lowest BCUT2D eigenvalue weighted by Crippen LogP contribution is -2.66. The number of carbonyl (C=O) groups excluding carboxylic acids is 3. The van der Waals surface area contributed by atoms with Gasteiger partial charge in [0.2, 0.25) is 11.3 Å². The van der Waals surface area contributed by atoms with Crippen LogP contribution < -0.4 is 20.9 Å². The minimum Gasteiger partial charge on any atom is -0.506 e. The Labute approximate surface area is 395 Å². The van der Waals surface area contributed by atoms with Crippen LogP contribution in [0.15, 0.2) is 138 Å². The Hall–Kier alpha value is -6.80. The van der Waals surface area contributed by atoms with Gasteiger partial charge in [0.25, 0.3) is 0 Å². The Morgan fingerprint density at radius 3 is 2.31 bits per heavy atom. The zero-order valence-electron chi connectivity index (χ0n) is 38.1. The van der Waals surface area contributed by atoms with Crippen LogP contribution in [0.3, 0.4) is 0 Å². The number of fused-ring (bicyclic) bond motifs is 4. The Bertz CT molecular complexity index is 2770. The quantitative estimate of drug-likeness (QED) is 0.0220. The fraction of sp³-hybridized carbons (Fsp3) is 0.345. The van der Waals surface area contributed by atoms with Crippen molar-refractivity contribution in [3.05, 3.63) is 177 Å². The zero-order valence-corrected chi connectivity index (χ0v) is 38.1. The number of phenols is 1. The molecule has 68 heavy (non-hydrogen) atoms. The van der Waals surface area contributed by atoms with Gasteiger partial charge >= 0.3 is 12.1 Å². The van der Waals surface area contributed by atoms with Gasteiger partial charge in [0.1, 0.15) is 31.2 Å². The van der Waals surface area contributed by atoms with E-state index in [1.807, 2.05) is 109 Å². The molecule has 1 saturated carbocycles. The topological polar surface area (TPSA) is 176 Å². The molecular formula is C55H59N4O9+. The van der Waals surface area contributed by atoms with E-state index in [1.54, 1.807) is 12.1 Å². The molecule has 13 heteroatoms. The standard InChI is InChI=1S/C55H58N4O9/c60-46-22-20-44(45-21-23-50(63)57-52(45)46)47(61)33-56-28-7-8-31-66-53(64)55(26-27-55)42-18-16-37(17-19-42)36-67-43-15-9-14-41(32-43)51(40-12-5-2-6-13-40)58-54(65)68-49-35-59(29-24-39(49)25-30-59)34-48(62)38-10-3-1-4-11-38/h1-6,9-23,32,39,47,49,51,56,61H,7-8,24-31,33-36H2,(H2-,57,58,60,63,65)/p+1/t39?,47?,49-,51?,59?/m0/s1. The number of aromatic hydroxyl groups is 1. The molecule has 5 N–H and O–H groups in total. The van der Waals surface area contributed by atoms with Crippen molar-refractivity contribution in [2.24, 2.45) is 5.92 Å². The Morgan fingerprint density at radius 1 is 0.824 bits per heavy atom. The number of hydrogen-bond acceptors (Lipinski definition) is 10. The number of quaternary nitrogens is 1. The minimum atomic E-state index is -0.845. The first kappa shape index (κ1) is 46.3. The van der Waals surface area contributed by atoms with Gasteiger partial charge in [-0.2, -0.15) is 0 Å². The lowest BCUT2D eigenvalue weighted by Gasteiger charge is -2.51. The van der Waals surface area contributed by atoms with Gasteiger partial charge in [-0.15, -0.1) is 0 Å². The molecule has 3 aliphatic heterocycles. The summed E-state index contributed by atoms with van der Waals surface area (Å²) < 4.78 is 18.9. The number of alkyl carbamates (subject to hydrolysis) is 1. The Morgan fingerprint density at radius 2 is 1.56 bits per heavy atom. The summed E-state index contributed by atoms with van der Waals surface area (Å²) in [6.45, 7) is 4.36. The number of esters is 1. The molecule has 10 rings (SSSR count). The van der Waals surface area contributed by atoms with Crippen LogP contribution in [0.5, 0.6) is 11.5 Å². The molecule has 4 heterocycles. The summed E-state index contributed by atoms with van der Waals surface area (Å²) in [6.07, 6.45) is 3.10. The summed E-state index contributed by atoms with van der Waals surface area (Å²) in [5.41, 5.74) is 4.27. The number of Topliss-reactive ketones (excluding diaryl/α,β-unsaturated/α-hetero) is 1. The van der Waals surface area contributed by atoms with Crippen molar-refractivity contribution in [2.75, 3.05) is 45.9 Å². The average molecular weight is 920 g/mol. The van der Waals surface area contributed by atoms with Gasteiger partial charge in [0.05, 0.1) is 42.8 Å². The van der Waals surface area contributed by atoms with Crippen LogP contribution in [-0.4, -0.2) is 89.5 Å². The maximum Gasteiger partial charge on any atom is 0.408 e. The summed E-state index contributed by atoms with van der Waals surface area (Å²) in [7, 11) is 0. The Kier molecular flexibility index (Phi) is 14.0. The van der Waals surface area contributed by atoms with Crippen molar-refractivity contribution in [2.45, 2.75) is 68.8 Å². The molecule has 2 bridgehead atoms. The van der Waals surface area contributed by atoms with Crippen molar-refractivity contribution in [3.63, 3.8) is 0 Å².